The standard InChI is InChI=1S/C53H49N3O12S2/c54-47(60)46-44(33-14-16-35(57)17-15-33)45(59)39-19-18-36(24-42(39)67-46)66-50-52(64)28-56-26-40(31-7-3-1-2-6-30-10-12-32(13-11-31)38-9-5-4-8-37(30)38)41(34-21-23-55-25-34)27-69-70-29-65-53(52)43(58)20-22-51(68-50,48(53)61)49(62)63/h4-5,8-10,12-25,30-31,40-41,48,50,55-57,61,64H,2,6-7,11,26-29H2,(H2,54,60)(H,62,63)/b32-13-/t30-,31-,40-,41-,48-,50-,51-,52+,53-/m1/s1. The first-order valence-electron chi connectivity index (χ1n) is 22.9. The molecule has 4 heterocycles. The Kier molecular flexibility index (Phi) is 12.9. The summed E-state index contributed by atoms with van der Waals surface area (Å²) < 4.78 is 24.9. The molecule has 9 atom stereocenters. The molecule has 70 heavy (non-hydrogen) atoms. The normalized spacial score (nSPS) is 30.7. The minimum absolute atomic E-state index is 0.00101. The molecule has 0 saturated carbocycles. The average Bonchev–Trinajstić information content (AvgIpc) is 3.88. The Bertz CT molecular complexity index is 3090. The molecule has 3 aromatic carbocycles. The Labute approximate surface area is 409 Å². The highest BCUT2D eigenvalue weighted by molar-refractivity contribution is 8.76. The molecule has 8 N–H and O–H groups in total. The van der Waals surface area contributed by atoms with E-state index in [0.717, 1.165) is 36.1 Å². The zero-order valence-electron chi connectivity index (χ0n) is 37.5. The lowest BCUT2D eigenvalue weighted by atomic mass is 9.63. The van der Waals surface area contributed by atoms with Gasteiger partial charge in [0.05, 0.1) is 10.9 Å². The van der Waals surface area contributed by atoms with E-state index in [0.29, 0.717) is 18.6 Å². The van der Waals surface area contributed by atoms with Gasteiger partial charge in [-0.2, -0.15) is 0 Å². The number of aliphatic carboxylic acids is 1. The number of ketones is 1. The highest BCUT2D eigenvalue weighted by Gasteiger charge is 2.77. The number of aromatic hydroxyl groups is 1. The Balaban J connectivity index is 1.04. The summed E-state index contributed by atoms with van der Waals surface area (Å²) in [5, 5.41) is 49.6. The van der Waals surface area contributed by atoms with Crippen LogP contribution in [-0.4, -0.2) is 97.0 Å². The number of carboxylic acids is 1. The van der Waals surface area contributed by atoms with Gasteiger partial charge >= 0.3 is 5.97 Å². The number of fused-ring (bicyclic) bond motifs is 8. The highest BCUT2D eigenvalue weighted by Crippen LogP contribution is 2.51. The number of rotatable bonds is 7. The van der Waals surface area contributed by atoms with E-state index in [4.69, 9.17) is 24.4 Å². The minimum atomic E-state index is -2.67. The minimum Gasteiger partial charge on any atom is -0.508 e. The molecule has 2 aliphatic heterocycles. The van der Waals surface area contributed by atoms with Gasteiger partial charge in [0.1, 0.15) is 29.1 Å². The number of primary amides is 1. The third kappa shape index (κ3) is 8.16. The second kappa shape index (κ2) is 19.1. The van der Waals surface area contributed by atoms with Gasteiger partial charge in [0.25, 0.3) is 5.91 Å². The van der Waals surface area contributed by atoms with Crippen LogP contribution < -0.4 is 21.2 Å². The molecule has 0 radical (unpaired) electrons. The second-order valence-corrected chi connectivity index (χ2v) is 20.6. The Morgan fingerprint density at radius 3 is 2.61 bits per heavy atom. The lowest BCUT2D eigenvalue weighted by Gasteiger charge is -2.59. The topological polar surface area (TPSA) is 244 Å². The molecule has 11 rings (SSSR count). The molecule has 2 saturated heterocycles. The van der Waals surface area contributed by atoms with E-state index in [1.807, 2.05) is 18.5 Å². The maximum absolute atomic E-state index is 14.5. The molecule has 4 bridgehead atoms. The van der Waals surface area contributed by atoms with Crippen molar-refractivity contribution >= 4 is 55.8 Å². The number of H-pyrrole nitrogens is 1. The smallest absolute Gasteiger partial charge is 0.343 e. The molecule has 1 spiro atoms. The van der Waals surface area contributed by atoms with Crippen LogP contribution in [0.2, 0.25) is 0 Å². The van der Waals surface area contributed by atoms with Crippen LogP contribution in [0.15, 0.2) is 125 Å². The quantitative estimate of drug-likeness (QED) is 0.0688. The number of carbonyl (C=O) groups excluding carboxylic acids is 2. The van der Waals surface area contributed by atoms with Gasteiger partial charge in [0.2, 0.25) is 23.1 Å². The van der Waals surface area contributed by atoms with Crippen molar-refractivity contribution in [2.75, 3.05) is 24.8 Å². The average molecular weight is 984 g/mol. The summed E-state index contributed by atoms with van der Waals surface area (Å²) >= 11 is 0. The second-order valence-electron chi connectivity index (χ2n) is 18.1. The maximum atomic E-state index is 14.5. The van der Waals surface area contributed by atoms with E-state index < -0.39 is 64.6 Å². The van der Waals surface area contributed by atoms with Crippen LogP contribution in [0.25, 0.3) is 27.7 Å². The summed E-state index contributed by atoms with van der Waals surface area (Å²) in [4.78, 5) is 57.7. The number of nitrogens with two attached hydrogens (primary N) is 1. The van der Waals surface area contributed by atoms with E-state index in [-0.39, 0.29) is 69.8 Å². The number of carbonyl (C=O) groups is 3. The number of phenolic OH excluding ortho intramolecular Hbond substituents is 1. The van der Waals surface area contributed by atoms with Crippen molar-refractivity contribution in [2.24, 2.45) is 17.6 Å². The zero-order chi connectivity index (χ0) is 48.8. The summed E-state index contributed by atoms with van der Waals surface area (Å²) in [5.74, 6) is 3.00. The lowest BCUT2D eigenvalue weighted by Crippen LogP contribution is -2.85. The number of allylic oxidation sites excluding steroid dienone is 4. The van der Waals surface area contributed by atoms with E-state index in [2.05, 4.69) is 64.6 Å². The number of benzene rings is 3. The van der Waals surface area contributed by atoms with Crippen LogP contribution in [-0.2, 0) is 19.1 Å². The fourth-order valence-electron chi connectivity index (χ4n) is 10.6. The fourth-order valence-corrected chi connectivity index (χ4v) is 12.7. The molecule has 360 valence electrons. The number of β-amino-alcohol motifs (C(OH)–C–C–N with tert-alkyl or cyclic N) is 1. The van der Waals surface area contributed by atoms with Gasteiger partial charge in [-0.25, -0.2) is 4.79 Å². The van der Waals surface area contributed by atoms with E-state index in [1.54, 1.807) is 0 Å². The molecule has 0 unspecified atom stereocenters. The first kappa shape index (κ1) is 47.3. The van der Waals surface area contributed by atoms with Crippen LogP contribution >= 0.6 is 21.6 Å². The van der Waals surface area contributed by atoms with Crippen molar-refractivity contribution in [3.05, 3.63) is 148 Å². The number of aromatic amines is 1. The van der Waals surface area contributed by atoms with Gasteiger partial charge in [0.15, 0.2) is 17.0 Å². The molecule has 1 amide bonds. The number of ether oxygens (including phenoxy) is 3. The number of hydrogen-bond acceptors (Lipinski definition) is 14. The van der Waals surface area contributed by atoms with E-state index in [9.17, 15) is 39.6 Å². The number of aliphatic hydroxyl groups is 2. The Morgan fingerprint density at radius 1 is 1.00 bits per heavy atom. The monoisotopic (exact) mass is 983 g/mol. The number of hydrogen-bond donors (Lipinski definition) is 7. The fraction of sp³-hybridized carbons (Fsp3) is 0.321. The van der Waals surface area contributed by atoms with Crippen LogP contribution in [0.3, 0.4) is 0 Å². The number of phenols is 1. The number of aromatic nitrogens is 1. The predicted octanol–water partition coefficient (Wildman–Crippen LogP) is 6.41. The van der Waals surface area contributed by atoms with Crippen LogP contribution in [0, 0.1) is 23.7 Å². The molecule has 5 aromatic rings. The van der Waals surface area contributed by atoms with Crippen molar-refractivity contribution in [3.8, 4) is 34.5 Å². The van der Waals surface area contributed by atoms with E-state index >= 15 is 0 Å². The van der Waals surface area contributed by atoms with Gasteiger partial charge in [-0.05, 0) is 107 Å². The summed E-state index contributed by atoms with van der Waals surface area (Å²) in [6.07, 6.45) is 11.0. The van der Waals surface area contributed by atoms with Crippen LogP contribution in [0.5, 0.6) is 11.5 Å². The van der Waals surface area contributed by atoms with Crippen molar-refractivity contribution in [2.45, 2.75) is 66.7 Å². The summed E-state index contributed by atoms with van der Waals surface area (Å²) in [6.45, 7) is -0.263. The van der Waals surface area contributed by atoms with Crippen molar-refractivity contribution in [1.82, 2.24) is 10.3 Å². The molecule has 4 aliphatic carbocycles. The molecule has 2 aromatic heterocycles. The maximum Gasteiger partial charge on any atom is 0.343 e. The van der Waals surface area contributed by atoms with E-state index in [1.165, 1.54) is 75.2 Å². The predicted molar refractivity (Wildman–Crippen MR) is 264 cm³/mol. The van der Waals surface area contributed by atoms with Crippen molar-refractivity contribution in [3.63, 3.8) is 0 Å². The SMILES string of the molecule is NC(=O)c1oc2cc(O[C@@H]3O[C@]4(C(=O)O)C=CC(=O)[C@@]5(OCSSC[C@H](c6cc[nH]c6)[C@@H]([C@@H]6CC#CCC[C@@H]7C=C/C(=C/C6)c6ccccc67)CNC[C@]35O)[C@@H]4O)ccc2c(=O)c1-c1ccc(O)cc1. The third-order valence-electron chi connectivity index (χ3n) is 14.3. The van der Waals surface area contributed by atoms with Gasteiger partial charge in [-0.3, -0.25) is 14.4 Å². The highest BCUT2D eigenvalue weighted by atomic mass is 33.1. The van der Waals surface area contributed by atoms with Gasteiger partial charge < -0.3 is 55.1 Å². The van der Waals surface area contributed by atoms with Crippen molar-refractivity contribution in [1.29, 1.82) is 0 Å². The number of nitrogens with one attached hydrogen (secondary N) is 2. The van der Waals surface area contributed by atoms with Crippen LogP contribution in [0.4, 0.5) is 0 Å². The molecule has 15 nitrogen and oxygen atoms in total. The van der Waals surface area contributed by atoms with Crippen LogP contribution in [0.1, 0.15) is 64.8 Å². The summed E-state index contributed by atoms with van der Waals surface area (Å²) in [6, 6.07) is 20.0. The number of carboxylic acid groups (broad SMARTS) is 1. The molecule has 17 heteroatoms. The molecular weight excluding hydrogens is 935 g/mol. The summed E-state index contributed by atoms with van der Waals surface area (Å²) in [5.41, 5.74) is 1.75. The van der Waals surface area contributed by atoms with Gasteiger partial charge in [0, 0.05) is 49.5 Å². The number of aliphatic hydroxyl groups excluding tert-OH is 1. The lowest BCUT2D eigenvalue weighted by molar-refractivity contribution is -0.360. The Hall–Kier alpha value is -6.36. The Morgan fingerprint density at radius 2 is 1.83 bits per heavy atom. The zero-order valence-corrected chi connectivity index (χ0v) is 39.2. The largest absolute Gasteiger partial charge is 0.508 e. The molecule has 2 fully saturated rings. The van der Waals surface area contributed by atoms with Gasteiger partial charge in [-0.1, -0.05) is 76.2 Å². The molecule has 6 aliphatic rings. The molecular formula is C53H49N3O12S2. The third-order valence-corrected chi connectivity index (χ3v) is 16.4. The first-order chi connectivity index (χ1) is 33.8. The first-order valence-corrected chi connectivity index (χ1v) is 25.4. The number of amides is 1. The summed E-state index contributed by atoms with van der Waals surface area (Å²) in [7, 11) is 2.74. The van der Waals surface area contributed by atoms with Crippen molar-refractivity contribution < 1.29 is 53.4 Å². The van der Waals surface area contributed by atoms with Gasteiger partial charge in [-0.15, -0.1) is 11.8 Å².